The van der Waals surface area contributed by atoms with Crippen molar-refractivity contribution in [1.29, 1.82) is 0 Å². The summed E-state index contributed by atoms with van der Waals surface area (Å²) < 4.78 is 25.3. The molecule has 1 aliphatic carbocycles. The Morgan fingerprint density at radius 2 is 2.04 bits per heavy atom. The van der Waals surface area contributed by atoms with Crippen molar-refractivity contribution in [2.75, 3.05) is 0 Å². The molecule has 0 radical (unpaired) electrons. The van der Waals surface area contributed by atoms with Crippen molar-refractivity contribution in [3.63, 3.8) is 0 Å². The van der Waals surface area contributed by atoms with Crippen LogP contribution in [0.2, 0.25) is 0 Å². The van der Waals surface area contributed by atoms with E-state index in [-0.39, 0.29) is 5.82 Å². The van der Waals surface area contributed by atoms with Crippen LogP contribution >= 0.6 is 0 Å². The average Bonchev–Trinajstić information content (AvgIpc) is 3.22. The fourth-order valence-electron chi connectivity index (χ4n) is 3.14. The van der Waals surface area contributed by atoms with Gasteiger partial charge in [-0.2, -0.15) is 0 Å². The third kappa shape index (κ3) is 1.81. The number of fused-ring (bicyclic) bond motifs is 5. The lowest BCUT2D eigenvalue weighted by atomic mass is 10.00. The van der Waals surface area contributed by atoms with E-state index in [0.717, 1.165) is 27.7 Å². The number of allylic oxidation sites excluding steroid dienone is 3. The molecule has 0 saturated carbocycles. The summed E-state index contributed by atoms with van der Waals surface area (Å²) in [5.41, 5.74) is 7.75. The van der Waals surface area contributed by atoms with Crippen LogP contribution in [0.1, 0.15) is 11.1 Å². The van der Waals surface area contributed by atoms with Crippen molar-refractivity contribution in [1.82, 2.24) is 0 Å². The molecule has 0 unspecified atom stereocenters. The summed E-state index contributed by atoms with van der Waals surface area (Å²) in [4.78, 5) is 0. The van der Waals surface area contributed by atoms with Crippen molar-refractivity contribution < 1.29 is 13.5 Å². The minimum atomic E-state index is -0.298. The summed E-state index contributed by atoms with van der Waals surface area (Å²) in [6.07, 6.45) is 5.88. The number of ether oxygens (including phenoxy) is 1. The van der Waals surface area contributed by atoms with E-state index in [0.29, 0.717) is 23.7 Å². The van der Waals surface area contributed by atoms with Gasteiger partial charge in [-0.25, -0.2) is 4.39 Å². The number of rotatable bonds is 1. The molecule has 3 aromatic rings. The van der Waals surface area contributed by atoms with Crippen LogP contribution in [0.4, 0.5) is 4.39 Å². The zero-order chi connectivity index (χ0) is 15.4. The highest BCUT2D eigenvalue weighted by Gasteiger charge is 2.24. The Morgan fingerprint density at radius 1 is 1.09 bits per heavy atom. The standard InChI is InChI=1S/C20H11FO2/c21-14-6-8-18-16(10-14)20-17(11-22-18)15-9-13(5-7-19(15)23-20)12-3-1-2-4-12/h1-3,5-10H,11H2. The fraction of sp³-hybridized carbons (Fsp3) is 0.0500. The number of hydrogen-bond acceptors (Lipinski definition) is 2. The molecule has 2 aliphatic rings. The van der Waals surface area contributed by atoms with Crippen molar-refractivity contribution in [3.05, 3.63) is 77.3 Å². The normalized spacial score (nSPS) is 14.6. The van der Waals surface area contributed by atoms with Crippen LogP contribution in [0.15, 0.2) is 64.8 Å². The number of furan rings is 1. The molecule has 0 amide bonds. The molecule has 1 aliphatic heterocycles. The van der Waals surface area contributed by atoms with Crippen molar-refractivity contribution in [2.45, 2.75) is 6.61 Å². The van der Waals surface area contributed by atoms with Gasteiger partial charge >= 0.3 is 0 Å². The molecule has 3 heteroatoms. The average molecular weight is 302 g/mol. The highest BCUT2D eigenvalue weighted by molar-refractivity contribution is 5.93. The van der Waals surface area contributed by atoms with Gasteiger partial charge in [-0.3, -0.25) is 0 Å². The van der Waals surface area contributed by atoms with Crippen LogP contribution in [0, 0.1) is 5.82 Å². The summed E-state index contributed by atoms with van der Waals surface area (Å²) in [5, 5.41) is 1.00. The molecule has 110 valence electrons. The number of benzene rings is 2. The van der Waals surface area contributed by atoms with Gasteiger partial charge in [0, 0.05) is 16.5 Å². The predicted molar refractivity (Wildman–Crippen MR) is 86.6 cm³/mol. The zero-order valence-corrected chi connectivity index (χ0v) is 12.1. The minimum Gasteiger partial charge on any atom is -0.488 e. The van der Waals surface area contributed by atoms with Crippen molar-refractivity contribution >= 4 is 16.5 Å². The lowest BCUT2D eigenvalue weighted by Gasteiger charge is -2.16. The first-order chi connectivity index (χ1) is 11.3. The van der Waals surface area contributed by atoms with Gasteiger partial charge in [0.05, 0.1) is 5.56 Å². The number of halogens is 1. The molecule has 0 bridgehead atoms. The monoisotopic (exact) mass is 302 g/mol. The third-order valence-electron chi connectivity index (χ3n) is 4.26. The summed E-state index contributed by atoms with van der Waals surface area (Å²) in [6.45, 7) is 0.426. The van der Waals surface area contributed by atoms with Gasteiger partial charge in [-0.15, -0.1) is 5.73 Å². The fourth-order valence-corrected chi connectivity index (χ4v) is 3.14. The van der Waals surface area contributed by atoms with Gasteiger partial charge in [-0.05, 0) is 48.0 Å². The molecule has 2 aromatic carbocycles. The molecule has 2 heterocycles. The topological polar surface area (TPSA) is 22.4 Å². The Morgan fingerprint density at radius 3 is 2.91 bits per heavy atom. The molecule has 0 spiro atoms. The maximum absolute atomic E-state index is 13.6. The summed E-state index contributed by atoms with van der Waals surface area (Å²) >= 11 is 0. The van der Waals surface area contributed by atoms with Gasteiger partial charge in [0.25, 0.3) is 0 Å². The molecule has 0 saturated heterocycles. The van der Waals surface area contributed by atoms with Crippen LogP contribution in [0.5, 0.6) is 5.75 Å². The van der Waals surface area contributed by atoms with Gasteiger partial charge < -0.3 is 9.15 Å². The molecular formula is C20H11FO2. The van der Waals surface area contributed by atoms with E-state index >= 15 is 0 Å². The van der Waals surface area contributed by atoms with E-state index in [1.165, 1.54) is 12.1 Å². The molecule has 0 atom stereocenters. The van der Waals surface area contributed by atoms with Crippen molar-refractivity contribution in [2.24, 2.45) is 0 Å². The SMILES string of the molecule is Fc1ccc2c(c1)-c1oc3ccc(C4=C=CC=C4)cc3c1CO2. The van der Waals surface area contributed by atoms with Crippen LogP contribution in [-0.4, -0.2) is 0 Å². The van der Waals surface area contributed by atoms with E-state index < -0.39 is 0 Å². The molecule has 0 N–H and O–H groups in total. The van der Waals surface area contributed by atoms with Gasteiger partial charge in [-0.1, -0.05) is 12.1 Å². The van der Waals surface area contributed by atoms with Crippen LogP contribution in [0.3, 0.4) is 0 Å². The summed E-state index contributed by atoms with van der Waals surface area (Å²) in [5.74, 6) is 1.06. The zero-order valence-electron chi connectivity index (χ0n) is 12.1. The molecule has 1 aromatic heterocycles. The largest absolute Gasteiger partial charge is 0.488 e. The molecule has 0 fully saturated rings. The first-order valence-electron chi connectivity index (χ1n) is 7.41. The van der Waals surface area contributed by atoms with E-state index in [2.05, 4.69) is 11.8 Å². The Balaban J connectivity index is 1.76. The first kappa shape index (κ1) is 12.5. The predicted octanol–water partition coefficient (Wildman–Crippen LogP) is 5.24. The van der Waals surface area contributed by atoms with Crippen LogP contribution in [0.25, 0.3) is 27.9 Å². The molecule has 2 nitrogen and oxygen atoms in total. The van der Waals surface area contributed by atoms with E-state index in [9.17, 15) is 4.39 Å². The van der Waals surface area contributed by atoms with Crippen LogP contribution in [-0.2, 0) is 6.61 Å². The molecule has 5 rings (SSSR count). The first-order valence-corrected chi connectivity index (χ1v) is 7.41. The number of hydrogen-bond donors (Lipinski definition) is 0. The van der Waals surface area contributed by atoms with E-state index in [4.69, 9.17) is 9.15 Å². The second-order valence-electron chi connectivity index (χ2n) is 5.63. The van der Waals surface area contributed by atoms with E-state index in [1.54, 1.807) is 6.07 Å². The Kier molecular flexibility index (Phi) is 2.44. The second kappa shape index (κ2) is 4.48. The van der Waals surface area contributed by atoms with Gasteiger partial charge in [0.1, 0.15) is 29.5 Å². The quantitative estimate of drug-likeness (QED) is 0.574. The highest BCUT2D eigenvalue weighted by atomic mass is 19.1. The summed E-state index contributed by atoms with van der Waals surface area (Å²) in [7, 11) is 0. The van der Waals surface area contributed by atoms with Gasteiger partial charge in [0.15, 0.2) is 0 Å². The molecule has 23 heavy (non-hydrogen) atoms. The summed E-state index contributed by atoms with van der Waals surface area (Å²) in [6, 6.07) is 10.5. The Hall–Kier alpha value is -3.03. The highest BCUT2D eigenvalue weighted by Crippen LogP contribution is 2.43. The Labute approximate surface area is 131 Å². The van der Waals surface area contributed by atoms with Crippen molar-refractivity contribution in [3.8, 4) is 17.1 Å². The minimum absolute atomic E-state index is 0.298. The molecular weight excluding hydrogens is 291 g/mol. The Bertz CT molecular complexity index is 1060. The van der Waals surface area contributed by atoms with Gasteiger partial charge in [0.2, 0.25) is 0 Å². The maximum atomic E-state index is 13.6. The second-order valence-corrected chi connectivity index (χ2v) is 5.63. The lowest BCUT2D eigenvalue weighted by molar-refractivity contribution is 0.299. The van der Waals surface area contributed by atoms with Crippen LogP contribution < -0.4 is 4.74 Å². The van der Waals surface area contributed by atoms with E-state index in [1.807, 2.05) is 30.4 Å². The maximum Gasteiger partial charge on any atom is 0.145 e. The smallest absolute Gasteiger partial charge is 0.145 e. The third-order valence-corrected chi connectivity index (χ3v) is 4.26. The lowest BCUT2D eigenvalue weighted by Crippen LogP contribution is -2.03.